The molecule has 5 N–H and O–H groups in total. The number of aromatic nitrogens is 3. The predicted octanol–water partition coefficient (Wildman–Crippen LogP) is 2.85. The lowest BCUT2D eigenvalue weighted by Gasteiger charge is -2.23. The predicted molar refractivity (Wildman–Crippen MR) is 128 cm³/mol. The second kappa shape index (κ2) is 9.83. The molecule has 1 aliphatic rings. The van der Waals surface area contributed by atoms with Crippen LogP contribution in [0.2, 0.25) is 0 Å². The summed E-state index contributed by atoms with van der Waals surface area (Å²) in [5.74, 6) is 0.407. The molecular weight excluding hydrogens is 418 g/mol. The number of hydrogen-bond acceptors (Lipinski definition) is 6. The number of nitrogens with one attached hydrogen (secondary N) is 3. The summed E-state index contributed by atoms with van der Waals surface area (Å²) < 4.78 is 1.66. The molecule has 172 valence electrons. The molecule has 1 fully saturated rings. The van der Waals surface area contributed by atoms with Crippen LogP contribution in [0.15, 0.2) is 42.6 Å². The van der Waals surface area contributed by atoms with Gasteiger partial charge < -0.3 is 21.8 Å². The highest BCUT2D eigenvalue weighted by Crippen LogP contribution is 2.29. The van der Waals surface area contributed by atoms with Crippen molar-refractivity contribution in [2.75, 3.05) is 24.3 Å². The van der Waals surface area contributed by atoms with Crippen molar-refractivity contribution in [3.8, 4) is 11.3 Å². The van der Waals surface area contributed by atoms with Crippen LogP contribution in [0.4, 0.5) is 5.82 Å². The monoisotopic (exact) mass is 447 g/mol. The number of anilines is 1. The number of rotatable bonds is 7. The molecule has 0 saturated carbocycles. The maximum atomic E-state index is 12.7. The molecule has 3 aromatic rings. The van der Waals surface area contributed by atoms with Crippen LogP contribution in [0.3, 0.4) is 0 Å². The Morgan fingerprint density at radius 3 is 2.64 bits per heavy atom. The average Bonchev–Trinajstić information content (AvgIpc) is 3.25. The van der Waals surface area contributed by atoms with E-state index in [1.54, 1.807) is 42.2 Å². The fourth-order valence-corrected chi connectivity index (χ4v) is 4.13. The largest absolute Gasteiger partial charge is 0.364 e. The quantitative estimate of drug-likeness (QED) is 0.441. The first-order valence-electron chi connectivity index (χ1n) is 11.2. The molecule has 1 atom stereocenters. The topological polar surface area (TPSA) is 127 Å². The van der Waals surface area contributed by atoms with E-state index in [1.165, 1.54) is 0 Å². The number of imidazole rings is 1. The Labute approximate surface area is 192 Å². The number of amides is 2. The second-order valence-corrected chi connectivity index (χ2v) is 8.03. The Kier molecular flexibility index (Phi) is 6.69. The minimum absolute atomic E-state index is 0.0366. The van der Waals surface area contributed by atoms with Gasteiger partial charge in [0.15, 0.2) is 5.69 Å². The Morgan fingerprint density at radius 2 is 2.00 bits per heavy atom. The molecule has 1 aromatic carbocycles. The van der Waals surface area contributed by atoms with Gasteiger partial charge in [0.25, 0.3) is 11.8 Å². The highest BCUT2D eigenvalue weighted by atomic mass is 16.2. The molecule has 2 amide bonds. The van der Waals surface area contributed by atoms with Crippen LogP contribution in [-0.2, 0) is 6.42 Å². The Hall–Kier alpha value is -3.72. The molecule has 0 bridgehead atoms. The van der Waals surface area contributed by atoms with Crippen molar-refractivity contribution in [3.63, 3.8) is 0 Å². The van der Waals surface area contributed by atoms with Crippen LogP contribution in [0.1, 0.15) is 64.5 Å². The minimum atomic E-state index is -0.572. The highest BCUT2D eigenvalue weighted by Gasteiger charge is 2.27. The van der Waals surface area contributed by atoms with Crippen molar-refractivity contribution in [2.24, 2.45) is 5.73 Å². The molecule has 4 rings (SSSR count). The third kappa shape index (κ3) is 4.73. The van der Waals surface area contributed by atoms with Crippen LogP contribution >= 0.6 is 0 Å². The molecule has 0 radical (unpaired) electrons. The van der Waals surface area contributed by atoms with Crippen molar-refractivity contribution >= 4 is 17.6 Å². The SMILES string of the molecule is CCc1ccnc(NC(=O)c2ccc(-c3nc([C@@H]4CCCCN4)n(NC)c3C(N)=O)cc2)c1. The van der Waals surface area contributed by atoms with Gasteiger partial charge >= 0.3 is 0 Å². The lowest BCUT2D eigenvalue weighted by atomic mass is 10.0. The first kappa shape index (κ1) is 22.5. The normalized spacial score (nSPS) is 15.8. The molecule has 9 heteroatoms. The van der Waals surface area contributed by atoms with Gasteiger partial charge in [0.05, 0.1) is 6.04 Å². The van der Waals surface area contributed by atoms with E-state index < -0.39 is 5.91 Å². The molecule has 2 aromatic heterocycles. The molecule has 1 aliphatic heterocycles. The molecule has 33 heavy (non-hydrogen) atoms. The number of carbonyl (C=O) groups is 2. The minimum Gasteiger partial charge on any atom is -0.364 e. The van der Waals surface area contributed by atoms with Crippen molar-refractivity contribution in [1.29, 1.82) is 0 Å². The highest BCUT2D eigenvalue weighted by molar-refractivity contribution is 6.04. The van der Waals surface area contributed by atoms with Gasteiger partial charge in [-0.3, -0.25) is 9.59 Å². The molecule has 0 spiro atoms. The van der Waals surface area contributed by atoms with Crippen molar-refractivity contribution in [1.82, 2.24) is 20.0 Å². The van der Waals surface area contributed by atoms with Crippen molar-refractivity contribution in [2.45, 2.75) is 38.6 Å². The summed E-state index contributed by atoms with van der Waals surface area (Å²) in [6.45, 7) is 2.95. The van der Waals surface area contributed by atoms with Crippen LogP contribution < -0.4 is 21.8 Å². The van der Waals surface area contributed by atoms with Crippen molar-refractivity contribution < 1.29 is 9.59 Å². The maximum Gasteiger partial charge on any atom is 0.269 e. The molecule has 0 aliphatic carbocycles. The summed E-state index contributed by atoms with van der Waals surface area (Å²) in [5, 5.41) is 6.29. The zero-order valence-electron chi connectivity index (χ0n) is 18.9. The summed E-state index contributed by atoms with van der Waals surface area (Å²) in [7, 11) is 1.74. The fraction of sp³-hybridized carbons (Fsp3) is 0.333. The number of hydrogen-bond donors (Lipinski definition) is 4. The van der Waals surface area contributed by atoms with Crippen LogP contribution in [-0.4, -0.2) is 40.1 Å². The van der Waals surface area contributed by atoms with Crippen LogP contribution in [0, 0.1) is 0 Å². The van der Waals surface area contributed by atoms with E-state index in [4.69, 9.17) is 10.7 Å². The lowest BCUT2D eigenvalue weighted by Crippen LogP contribution is -2.32. The Morgan fingerprint density at radius 1 is 1.21 bits per heavy atom. The Balaban J connectivity index is 1.62. The number of benzene rings is 1. The van der Waals surface area contributed by atoms with Gasteiger partial charge in [-0.25, -0.2) is 14.6 Å². The zero-order chi connectivity index (χ0) is 23.4. The number of aryl methyl sites for hydroxylation is 1. The van der Waals surface area contributed by atoms with Gasteiger partial charge in [-0.15, -0.1) is 0 Å². The first-order valence-corrected chi connectivity index (χ1v) is 11.2. The van der Waals surface area contributed by atoms with E-state index in [9.17, 15) is 9.59 Å². The van der Waals surface area contributed by atoms with Gasteiger partial charge in [-0.1, -0.05) is 25.5 Å². The van der Waals surface area contributed by atoms with Gasteiger partial charge in [0, 0.05) is 24.4 Å². The van der Waals surface area contributed by atoms with Gasteiger partial charge in [0.1, 0.15) is 17.3 Å². The summed E-state index contributed by atoms with van der Waals surface area (Å²) >= 11 is 0. The third-order valence-electron chi connectivity index (χ3n) is 5.88. The van der Waals surface area contributed by atoms with E-state index >= 15 is 0 Å². The molecule has 1 saturated heterocycles. The summed E-state index contributed by atoms with van der Waals surface area (Å²) in [6, 6.07) is 10.8. The number of piperidine rings is 1. The fourth-order valence-electron chi connectivity index (χ4n) is 4.13. The zero-order valence-corrected chi connectivity index (χ0v) is 18.9. The number of pyridine rings is 1. The second-order valence-electron chi connectivity index (χ2n) is 8.03. The molecule has 9 nitrogen and oxygen atoms in total. The summed E-state index contributed by atoms with van der Waals surface area (Å²) in [5.41, 5.74) is 11.8. The average molecular weight is 448 g/mol. The maximum absolute atomic E-state index is 12.7. The molecule has 3 heterocycles. The van der Waals surface area contributed by atoms with E-state index in [2.05, 4.69) is 21.0 Å². The lowest BCUT2D eigenvalue weighted by molar-refractivity contribution is 0.0990. The molecule has 0 unspecified atom stereocenters. The standard InChI is InChI=1S/C24H29N7O2/c1-3-15-11-13-28-19(14-15)29-24(33)17-9-7-16(8-10-17)20-21(22(25)32)31(26-2)23(30-20)18-6-4-5-12-27-18/h7-11,13-14,18,26-27H,3-6,12H2,1-2H3,(H2,25,32)(H,28,29,33)/t18-/m0/s1. The van der Waals surface area contributed by atoms with E-state index in [-0.39, 0.29) is 17.6 Å². The number of carbonyl (C=O) groups excluding carboxylic acids is 2. The summed E-state index contributed by atoms with van der Waals surface area (Å²) in [4.78, 5) is 34.0. The Bertz CT molecular complexity index is 1150. The van der Waals surface area contributed by atoms with Crippen LogP contribution in [0.25, 0.3) is 11.3 Å². The first-order chi connectivity index (χ1) is 16.0. The van der Waals surface area contributed by atoms with Crippen LogP contribution in [0.5, 0.6) is 0 Å². The van der Waals surface area contributed by atoms with E-state index in [0.29, 0.717) is 22.6 Å². The smallest absolute Gasteiger partial charge is 0.269 e. The number of nitrogens with zero attached hydrogens (tertiary/aromatic N) is 3. The van der Waals surface area contributed by atoms with Gasteiger partial charge in [-0.2, -0.15) is 0 Å². The number of primary amides is 1. The van der Waals surface area contributed by atoms with E-state index in [1.807, 2.05) is 19.1 Å². The third-order valence-corrected chi connectivity index (χ3v) is 5.88. The van der Waals surface area contributed by atoms with Gasteiger partial charge in [0.2, 0.25) is 0 Å². The number of nitrogens with two attached hydrogens (primary N) is 1. The van der Waals surface area contributed by atoms with Crippen molar-refractivity contribution in [3.05, 3.63) is 65.2 Å². The molecular formula is C24H29N7O2. The van der Waals surface area contributed by atoms with Gasteiger partial charge in [-0.05, 0) is 55.6 Å². The van der Waals surface area contributed by atoms with E-state index in [0.717, 1.165) is 43.6 Å². The summed E-state index contributed by atoms with van der Waals surface area (Å²) in [6.07, 6.45) is 5.69.